The van der Waals surface area contributed by atoms with Gasteiger partial charge in [0.15, 0.2) is 5.78 Å². The Morgan fingerprint density at radius 2 is 1.61 bits per heavy atom. The van der Waals surface area contributed by atoms with Crippen molar-refractivity contribution in [2.75, 3.05) is 0 Å². The number of rotatable bonds is 3. The lowest BCUT2D eigenvalue weighted by molar-refractivity contribution is -0.140. The molecule has 0 radical (unpaired) electrons. The number of Topliss-reactive ketones (excluding diaryl/α,β-unsaturated/α-hetero) is 1. The fraction of sp³-hybridized carbons (Fsp3) is 0.500. The van der Waals surface area contributed by atoms with Crippen molar-refractivity contribution in [3.8, 4) is 0 Å². The monoisotopic (exact) mass is 334 g/mol. The van der Waals surface area contributed by atoms with Crippen LogP contribution in [0.15, 0.2) is 12.1 Å². The van der Waals surface area contributed by atoms with Crippen molar-refractivity contribution in [2.45, 2.75) is 46.4 Å². The summed E-state index contributed by atoms with van der Waals surface area (Å²) in [5.41, 5.74) is -3.92. The third-order valence-corrected chi connectivity index (χ3v) is 2.84. The molecule has 0 fully saturated rings. The Morgan fingerprint density at radius 3 is 2.00 bits per heavy atom. The second-order valence-corrected chi connectivity index (χ2v) is 6.37. The van der Waals surface area contributed by atoms with Gasteiger partial charge in [0.2, 0.25) is 0 Å². The Balaban J connectivity index is 3.56. The minimum Gasteiger partial charge on any atom is -0.456 e. The fourth-order valence-electron chi connectivity index (χ4n) is 1.83. The van der Waals surface area contributed by atoms with Gasteiger partial charge in [-0.2, -0.15) is 13.2 Å². The Kier molecular flexibility index (Phi) is 5.23. The average molecular weight is 334 g/mol. The molecule has 0 heterocycles. The maximum absolute atomic E-state index is 14.3. The molecule has 0 aliphatic carbocycles. The molecule has 0 spiro atoms. The molecule has 0 saturated heterocycles. The first-order valence-corrected chi connectivity index (χ1v) is 6.93. The molecule has 0 amide bonds. The standard InChI is InChI=1S/C16H18F4O3/c1-8(2)13(21)11-9(14(22)23-15(3,4)5)6-7-10(12(11)17)16(18,19)20/h6-8H,1-5H3. The Labute approximate surface area is 131 Å². The zero-order chi connectivity index (χ0) is 18.2. The van der Waals surface area contributed by atoms with Gasteiger partial charge in [-0.15, -0.1) is 0 Å². The van der Waals surface area contributed by atoms with Crippen molar-refractivity contribution in [3.63, 3.8) is 0 Å². The summed E-state index contributed by atoms with van der Waals surface area (Å²) in [4.78, 5) is 24.2. The largest absolute Gasteiger partial charge is 0.456 e. The highest BCUT2D eigenvalue weighted by Gasteiger charge is 2.38. The summed E-state index contributed by atoms with van der Waals surface area (Å²) in [6.07, 6.45) is -4.97. The maximum atomic E-state index is 14.3. The summed E-state index contributed by atoms with van der Waals surface area (Å²) in [6.45, 7) is 7.46. The summed E-state index contributed by atoms with van der Waals surface area (Å²) >= 11 is 0. The van der Waals surface area contributed by atoms with Crippen molar-refractivity contribution in [1.82, 2.24) is 0 Å². The summed E-state index contributed by atoms with van der Waals surface area (Å²) in [7, 11) is 0. The SMILES string of the molecule is CC(C)C(=O)c1c(C(=O)OC(C)(C)C)ccc(C(F)(F)F)c1F. The highest BCUT2D eigenvalue weighted by Crippen LogP contribution is 2.34. The predicted octanol–water partition coefficient (Wildman–Crippen LogP) is 4.64. The van der Waals surface area contributed by atoms with Crippen LogP contribution in [0.2, 0.25) is 0 Å². The third-order valence-electron chi connectivity index (χ3n) is 2.84. The van der Waals surface area contributed by atoms with Crippen LogP contribution in [0.25, 0.3) is 0 Å². The number of carbonyl (C=O) groups is 2. The van der Waals surface area contributed by atoms with Crippen LogP contribution in [-0.2, 0) is 10.9 Å². The van der Waals surface area contributed by atoms with E-state index in [1.807, 2.05) is 0 Å². The number of hydrogen-bond acceptors (Lipinski definition) is 3. The molecule has 128 valence electrons. The number of benzene rings is 1. The predicted molar refractivity (Wildman–Crippen MR) is 75.7 cm³/mol. The van der Waals surface area contributed by atoms with E-state index in [0.717, 1.165) is 6.07 Å². The molecule has 0 aliphatic rings. The molecule has 0 aromatic heterocycles. The normalized spacial score (nSPS) is 12.4. The molecule has 1 aromatic carbocycles. The maximum Gasteiger partial charge on any atom is 0.419 e. The van der Waals surface area contributed by atoms with Crippen LogP contribution in [0.1, 0.15) is 60.9 Å². The zero-order valence-corrected chi connectivity index (χ0v) is 13.5. The van der Waals surface area contributed by atoms with E-state index >= 15 is 0 Å². The van der Waals surface area contributed by atoms with E-state index in [1.165, 1.54) is 13.8 Å². The van der Waals surface area contributed by atoms with Crippen LogP contribution in [0.3, 0.4) is 0 Å². The molecular formula is C16H18F4O3. The molecule has 0 bridgehead atoms. The quantitative estimate of drug-likeness (QED) is 0.459. The second kappa shape index (κ2) is 6.29. The minimum atomic E-state index is -4.97. The van der Waals surface area contributed by atoms with Crippen molar-refractivity contribution >= 4 is 11.8 Å². The Morgan fingerprint density at radius 1 is 1.09 bits per heavy atom. The van der Waals surface area contributed by atoms with E-state index in [9.17, 15) is 27.2 Å². The number of alkyl halides is 3. The van der Waals surface area contributed by atoms with Crippen LogP contribution in [-0.4, -0.2) is 17.4 Å². The lowest BCUT2D eigenvalue weighted by Gasteiger charge is -2.21. The van der Waals surface area contributed by atoms with E-state index in [1.54, 1.807) is 20.8 Å². The second-order valence-electron chi connectivity index (χ2n) is 6.37. The molecule has 7 heteroatoms. The lowest BCUT2D eigenvalue weighted by atomic mass is 9.93. The van der Waals surface area contributed by atoms with E-state index < -0.39 is 52.0 Å². The minimum absolute atomic E-state index is 0.436. The number of esters is 1. The molecule has 0 atom stereocenters. The third kappa shape index (κ3) is 4.53. The first-order valence-electron chi connectivity index (χ1n) is 6.93. The van der Waals surface area contributed by atoms with Gasteiger partial charge in [-0.25, -0.2) is 9.18 Å². The molecule has 0 N–H and O–H groups in total. The van der Waals surface area contributed by atoms with E-state index in [-0.39, 0.29) is 0 Å². The molecular weight excluding hydrogens is 316 g/mol. The topological polar surface area (TPSA) is 43.4 Å². The average Bonchev–Trinajstić information content (AvgIpc) is 2.33. The van der Waals surface area contributed by atoms with Gasteiger partial charge in [-0.05, 0) is 32.9 Å². The van der Waals surface area contributed by atoms with Crippen molar-refractivity contribution < 1.29 is 31.9 Å². The Bertz CT molecular complexity index is 625. The highest BCUT2D eigenvalue weighted by atomic mass is 19.4. The van der Waals surface area contributed by atoms with E-state index in [0.29, 0.717) is 6.07 Å². The summed E-state index contributed by atoms with van der Waals surface area (Å²) in [5, 5.41) is 0. The summed E-state index contributed by atoms with van der Waals surface area (Å²) in [5.74, 6) is -4.47. The van der Waals surface area contributed by atoms with Gasteiger partial charge in [0, 0.05) is 5.92 Å². The molecule has 0 aliphatic heterocycles. The first-order chi connectivity index (χ1) is 10.3. The number of halogens is 4. The lowest BCUT2D eigenvalue weighted by Crippen LogP contribution is -2.27. The van der Waals surface area contributed by atoms with Crippen LogP contribution in [0.4, 0.5) is 17.6 Å². The number of hydrogen-bond donors (Lipinski definition) is 0. The fourth-order valence-corrected chi connectivity index (χ4v) is 1.83. The first kappa shape index (κ1) is 19.1. The van der Waals surface area contributed by atoms with Gasteiger partial charge in [-0.3, -0.25) is 4.79 Å². The summed E-state index contributed by atoms with van der Waals surface area (Å²) < 4.78 is 57.8. The molecule has 1 aromatic rings. The van der Waals surface area contributed by atoms with E-state index in [4.69, 9.17) is 4.74 Å². The van der Waals surface area contributed by atoms with Gasteiger partial charge in [0.05, 0.1) is 16.7 Å². The molecule has 3 nitrogen and oxygen atoms in total. The van der Waals surface area contributed by atoms with Gasteiger partial charge in [0.25, 0.3) is 0 Å². The van der Waals surface area contributed by atoms with Crippen molar-refractivity contribution in [1.29, 1.82) is 0 Å². The van der Waals surface area contributed by atoms with Crippen LogP contribution in [0.5, 0.6) is 0 Å². The molecule has 0 unspecified atom stereocenters. The van der Waals surface area contributed by atoms with Crippen LogP contribution >= 0.6 is 0 Å². The van der Waals surface area contributed by atoms with E-state index in [2.05, 4.69) is 0 Å². The molecule has 0 saturated carbocycles. The van der Waals surface area contributed by atoms with Gasteiger partial charge in [-0.1, -0.05) is 13.8 Å². The van der Waals surface area contributed by atoms with Gasteiger partial charge < -0.3 is 4.74 Å². The summed E-state index contributed by atoms with van der Waals surface area (Å²) in [6, 6.07) is 1.21. The van der Waals surface area contributed by atoms with Crippen LogP contribution in [0, 0.1) is 11.7 Å². The van der Waals surface area contributed by atoms with Crippen molar-refractivity contribution in [2.24, 2.45) is 5.92 Å². The highest BCUT2D eigenvalue weighted by molar-refractivity contribution is 6.07. The number of ether oxygens (including phenoxy) is 1. The Hall–Kier alpha value is -1.92. The van der Waals surface area contributed by atoms with Gasteiger partial charge in [0.1, 0.15) is 11.4 Å². The molecule has 23 heavy (non-hydrogen) atoms. The smallest absolute Gasteiger partial charge is 0.419 e. The zero-order valence-electron chi connectivity index (χ0n) is 13.5. The van der Waals surface area contributed by atoms with Crippen molar-refractivity contribution in [3.05, 3.63) is 34.6 Å². The molecule has 1 rings (SSSR count). The number of ketones is 1. The van der Waals surface area contributed by atoms with Crippen LogP contribution < -0.4 is 0 Å². The van der Waals surface area contributed by atoms with Gasteiger partial charge >= 0.3 is 12.1 Å². The number of carbonyl (C=O) groups excluding carboxylic acids is 2.